The van der Waals surface area contributed by atoms with Crippen LogP contribution in [0, 0.1) is 0 Å². The fraction of sp³-hybridized carbons (Fsp3) is 0.400. The van der Waals surface area contributed by atoms with Gasteiger partial charge < -0.3 is 0 Å². The summed E-state index contributed by atoms with van der Waals surface area (Å²) in [5, 5.41) is 2.05. The third-order valence-corrected chi connectivity index (χ3v) is 2.60. The maximum Gasteiger partial charge on any atom is 0.212 e. The largest absolute Gasteiger partial charge is 0.282 e. The fourth-order valence-corrected chi connectivity index (χ4v) is 1.94. The SMILES string of the molecule is O=C1C=CSCCS1. The lowest BCUT2D eigenvalue weighted by Crippen LogP contribution is -1.85. The Morgan fingerprint density at radius 2 is 2.38 bits per heavy atom. The van der Waals surface area contributed by atoms with Crippen molar-refractivity contribution in [2.45, 2.75) is 0 Å². The molecule has 0 aromatic rings. The zero-order chi connectivity index (χ0) is 5.82. The van der Waals surface area contributed by atoms with Gasteiger partial charge in [-0.25, -0.2) is 0 Å². The molecule has 0 spiro atoms. The third-order valence-electron chi connectivity index (χ3n) is 0.746. The molecular formula is C5H6OS2. The summed E-state index contributed by atoms with van der Waals surface area (Å²) >= 11 is 3.09. The van der Waals surface area contributed by atoms with Crippen LogP contribution in [0.4, 0.5) is 0 Å². The van der Waals surface area contributed by atoms with Crippen LogP contribution in [0.1, 0.15) is 0 Å². The van der Waals surface area contributed by atoms with Gasteiger partial charge in [0.2, 0.25) is 5.12 Å². The number of carbonyl (C=O) groups excluding carboxylic acids is 1. The van der Waals surface area contributed by atoms with Crippen LogP contribution in [0.25, 0.3) is 0 Å². The van der Waals surface area contributed by atoms with E-state index in [1.54, 1.807) is 17.8 Å². The van der Waals surface area contributed by atoms with E-state index in [1.807, 2.05) is 5.41 Å². The summed E-state index contributed by atoms with van der Waals surface area (Å²) in [5.74, 6) is 2.02. The van der Waals surface area contributed by atoms with Gasteiger partial charge in [-0.2, -0.15) is 0 Å². The maximum absolute atomic E-state index is 10.5. The molecule has 0 unspecified atom stereocenters. The predicted molar refractivity (Wildman–Crippen MR) is 39.1 cm³/mol. The predicted octanol–water partition coefficient (Wildman–Crippen LogP) is 1.51. The first-order valence-electron chi connectivity index (χ1n) is 2.34. The molecule has 1 heterocycles. The second-order valence-corrected chi connectivity index (χ2v) is 3.45. The van der Waals surface area contributed by atoms with Crippen molar-refractivity contribution in [2.75, 3.05) is 11.5 Å². The molecule has 0 saturated heterocycles. The van der Waals surface area contributed by atoms with Gasteiger partial charge in [-0.3, -0.25) is 4.79 Å². The first kappa shape index (κ1) is 6.23. The summed E-state index contributed by atoms with van der Waals surface area (Å²) in [5.41, 5.74) is 0. The van der Waals surface area contributed by atoms with Gasteiger partial charge in [-0.05, 0) is 11.5 Å². The molecule has 0 aliphatic carbocycles. The van der Waals surface area contributed by atoms with E-state index in [0.29, 0.717) is 0 Å². The lowest BCUT2D eigenvalue weighted by Gasteiger charge is -1.85. The van der Waals surface area contributed by atoms with E-state index in [2.05, 4.69) is 0 Å². The van der Waals surface area contributed by atoms with Crippen LogP contribution in [-0.2, 0) is 4.79 Å². The summed E-state index contributed by atoms with van der Waals surface area (Å²) in [6.45, 7) is 0. The van der Waals surface area contributed by atoms with Gasteiger partial charge in [0.1, 0.15) is 0 Å². The number of thioether (sulfide) groups is 2. The van der Waals surface area contributed by atoms with E-state index in [-0.39, 0.29) is 5.12 Å². The average Bonchev–Trinajstić information content (AvgIpc) is 1.94. The third kappa shape index (κ3) is 1.92. The minimum absolute atomic E-state index is 0.190. The van der Waals surface area contributed by atoms with Gasteiger partial charge in [0.25, 0.3) is 0 Å². The smallest absolute Gasteiger partial charge is 0.212 e. The average molecular weight is 146 g/mol. The highest BCUT2D eigenvalue weighted by atomic mass is 32.2. The van der Waals surface area contributed by atoms with Gasteiger partial charge in [-0.1, -0.05) is 11.8 Å². The van der Waals surface area contributed by atoms with E-state index in [4.69, 9.17) is 0 Å². The van der Waals surface area contributed by atoms with Crippen LogP contribution >= 0.6 is 23.5 Å². The molecule has 1 aliphatic heterocycles. The highest BCUT2D eigenvalue weighted by Gasteiger charge is 1.99. The molecule has 1 nitrogen and oxygen atoms in total. The fourth-order valence-electron chi connectivity index (χ4n) is 0.410. The number of carbonyl (C=O) groups is 1. The van der Waals surface area contributed by atoms with Crippen molar-refractivity contribution in [3.8, 4) is 0 Å². The van der Waals surface area contributed by atoms with E-state index >= 15 is 0 Å². The second kappa shape index (κ2) is 3.20. The van der Waals surface area contributed by atoms with E-state index in [0.717, 1.165) is 11.5 Å². The minimum atomic E-state index is 0.190. The van der Waals surface area contributed by atoms with Crippen LogP contribution in [0.3, 0.4) is 0 Å². The molecule has 1 aliphatic rings. The molecule has 8 heavy (non-hydrogen) atoms. The molecule has 0 amide bonds. The molecule has 0 aromatic heterocycles. The quantitative estimate of drug-likeness (QED) is 0.515. The molecule has 0 atom stereocenters. The molecule has 1 rings (SSSR count). The van der Waals surface area contributed by atoms with E-state index in [1.165, 1.54) is 11.8 Å². The van der Waals surface area contributed by atoms with E-state index in [9.17, 15) is 4.79 Å². The summed E-state index contributed by atoms with van der Waals surface area (Å²) in [7, 11) is 0. The Morgan fingerprint density at radius 3 is 3.25 bits per heavy atom. The van der Waals surface area contributed by atoms with Crippen molar-refractivity contribution in [1.29, 1.82) is 0 Å². The lowest BCUT2D eigenvalue weighted by atomic mass is 10.7. The first-order chi connectivity index (χ1) is 3.89. The Hall–Kier alpha value is 0.110. The molecular weight excluding hydrogens is 140 g/mol. The molecule has 44 valence electrons. The topological polar surface area (TPSA) is 17.1 Å². The zero-order valence-corrected chi connectivity index (χ0v) is 5.93. The molecule has 0 bridgehead atoms. The molecule has 0 saturated carbocycles. The van der Waals surface area contributed by atoms with Gasteiger partial charge in [-0.15, -0.1) is 11.8 Å². The van der Waals surface area contributed by atoms with Crippen molar-refractivity contribution < 1.29 is 4.79 Å². The highest BCUT2D eigenvalue weighted by molar-refractivity contribution is 8.15. The van der Waals surface area contributed by atoms with Crippen molar-refractivity contribution in [3.05, 3.63) is 11.5 Å². The van der Waals surface area contributed by atoms with Crippen molar-refractivity contribution in [3.63, 3.8) is 0 Å². The molecule has 0 fully saturated rings. The zero-order valence-electron chi connectivity index (χ0n) is 4.29. The Balaban J connectivity index is 2.44. The highest BCUT2D eigenvalue weighted by Crippen LogP contribution is 2.14. The van der Waals surface area contributed by atoms with Crippen molar-refractivity contribution in [2.24, 2.45) is 0 Å². The van der Waals surface area contributed by atoms with Crippen molar-refractivity contribution in [1.82, 2.24) is 0 Å². The summed E-state index contributed by atoms with van der Waals surface area (Å²) in [6.07, 6.45) is 1.63. The van der Waals surface area contributed by atoms with Crippen LogP contribution in [0.15, 0.2) is 11.5 Å². The van der Waals surface area contributed by atoms with Gasteiger partial charge >= 0.3 is 0 Å². The molecule has 3 heteroatoms. The Labute approximate surface area is 56.9 Å². The maximum atomic E-state index is 10.5. The van der Waals surface area contributed by atoms with Gasteiger partial charge in [0.15, 0.2) is 0 Å². The number of hydrogen-bond acceptors (Lipinski definition) is 3. The van der Waals surface area contributed by atoms with Crippen molar-refractivity contribution >= 4 is 28.6 Å². The van der Waals surface area contributed by atoms with Crippen LogP contribution in [0.2, 0.25) is 0 Å². The minimum Gasteiger partial charge on any atom is -0.282 e. The molecule has 0 radical (unpaired) electrons. The monoisotopic (exact) mass is 146 g/mol. The number of rotatable bonds is 0. The van der Waals surface area contributed by atoms with Crippen LogP contribution in [-0.4, -0.2) is 16.6 Å². The first-order valence-corrected chi connectivity index (χ1v) is 4.38. The Kier molecular flexibility index (Phi) is 2.49. The normalized spacial score (nSPS) is 20.8. The van der Waals surface area contributed by atoms with E-state index < -0.39 is 0 Å². The van der Waals surface area contributed by atoms with Crippen LogP contribution in [0.5, 0.6) is 0 Å². The summed E-state index contributed by atoms with van der Waals surface area (Å²) < 4.78 is 0. The van der Waals surface area contributed by atoms with Gasteiger partial charge in [0, 0.05) is 11.5 Å². The van der Waals surface area contributed by atoms with Gasteiger partial charge in [0.05, 0.1) is 0 Å². The Bertz CT molecular complexity index is 120. The summed E-state index contributed by atoms with van der Waals surface area (Å²) in [6, 6.07) is 0. The second-order valence-electron chi connectivity index (χ2n) is 1.34. The molecule has 0 aromatic carbocycles. The lowest BCUT2D eigenvalue weighted by molar-refractivity contribution is -0.107. The molecule has 0 N–H and O–H groups in total. The standard InChI is InChI=1S/C5H6OS2/c6-5-1-2-7-3-4-8-5/h1-2H,3-4H2. The summed E-state index contributed by atoms with van der Waals surface area (Å²) in [4.78, 5) is 10.5. The Morgan fingerprint density at radius 1 is 1.50 bits per heavy atom. The number of hydrogen-bond donors (Lipinski definition) is 0. The van der Waals surface area contributed by atoms with Crippen LogP contribution < -0.4 is 0 Å².